The number of furan rings is 1. The highest BCUT2D eigenvalue weighted by molar-refractivity contribution is 6.00. The Kier molecular flexibility index (Phi) is 4.69. The van der Waals surface area contributed by atoms with Gasteiger partial charge in [-0.05, 0) is 47.9 Å². The van der Waals surface area contributed by atoms with Gasteiger partial charge >= 0.3 is 0 Å². The lowest BCUT2D eigenvalue weighted by Gasteiger charge is -2.35. The first-order valence-corrected chi connectivity index (χ1v) is 9.01. The number of halogens is 1. The number of nitrogens with one attached hydrogen (secondary N) is 1. The number of nitrogens with zero attached hydrogens (tertiary/aromatic N) is 1. The molecule has 0 fully saturated rings. The van der Waals surface area contributed by atoms with Crippen molar-refractivity contribution in [3.8, 4) is 0 Å². The molecule has 1 N–H and O–H groups in total. The highest BCUT2D eigenvalue weighted by Crippen LogP contribution is 2.26. The van der Waals surface area contributed by atoms with E-state index >= 15 is 0 Å². The van der Waals surface area contributed by atoms with Crippen LogP contribution in [-0.2, 0) is 17.8 Å². The molecule has 5 nitrogen and oxygen atoms in total. The number of fused-ring (bicyclic) bond motifs is 1. The minimum atomic E-state index is -0.771. The zero-order valence-corrected chi connectivity index (χ0v) is 15.3. The fraction of sp³-hybridized carbons (Fsp3) is 0.182. The molecule has 2 heterocycles. The normalized spacial score (nSPS) is 15.8. The van der Waals surface area contributed by atoms with Gasteiger partial charge in [-0.15, -0.1) is 0 Å². The fourth-order valence-electron chi connectivity index (χ4n) is 3.46. The average Bonchev–Trinajstić information content (AvgIpc) is 3.24. The lowest BCUT2D eigenvalue weighted by Crippen LogP contribution is -2.50. The summed E-state index contributed by atoms with van der Waals surface area (Å²) >= 11 is 0. The van der Waals surface area contributed by atoms with Gasteiger partial charge in [0, 0.05) is 13.0 Å². The van der Waals surface area contributed by atoms with Crippen LogP contribution in [-0.4, -0.2) is 22.8 Å². The number of aryl methyl sites for hydroxylation is 1. The Morgan fingerprint density at radius 2 is 1.89 bits per heavy atom. The molecule has 2 aromatic carbocycles. The Morgan fingerprint density at radius 1 is 1.11 bits per heavy atom. The van der Waals surface area contributed by atoms with Crippen molar-refractivity contribution in [1.82, 2.24) is 4.90 Å². The lowest BCUT2D eigenvalue weighted by atomic mass is 9.93. The summed E-state index contributed by atoms with van der Waals surface area (Å²) in [6.45, 7) is 2.10. The van der Waals surface area contributed by atoms with E-state index in [4.69, 9.17) is 4.42 Å². The summed E-state index contributed by atoms with van der Waals surface area (Å²) < 4.78 is 19.3. The van der Waals surface area contributed by atoms with Crippen molar-refractivity contribution in [1.29, 1.82) is 0 Å². The zero-order valence-electron chi connectivity index (χ0n) is 15.3. The van der Waals surface area contributed by atoms with Crippen LogP contribution in [0.3, 0.4) is 0 Å². The van der Waals surface area contributed by atoms with Gasteiger partial charge in [0.15, 0.2) is 5.76 Å². The summed E-state index contributed by atoms with van der Waals surface area (Å²) in [5, 5.41) is 2.64. The van der Waals surface area contributed by atoms with Gasteiger partial charge < -0.3 is 14.6 Å². The van der Waals surface area contributed by atoms with Crippen molar-refractivity contribution in [2.75, 3.05) is 5.32 Å². The Labute approximate surface area is 161 Å². The lowest BCUT2D eigenvalue weighted by molar-refractivity contribution is -0.121. The van der Waals surface area contributed by atoms with Crippen molar-refractivity contribution >= 4 is 17.5 Å². The van der Waals surface area contributed by atoms with E-state index in [1.165, 1.54) is 17.2 Å². The standard InChI is InChI=1S/C22H19FN2O3/c1-14-8-9-17(23)18(11-14)24-21(26)19-12-15-5-2-3-6-16(15)13-25(19)22(27)20-7-4-10-28-20/h2-11,19H,12-13H2,1H3,(H,24,26). The van der Waals surface area contributed by atoms with Crippen molar-refractivity contribution in [2.24, 2.45) is 0 Å². The van der Waals surface area contributed by atoms with Crippen LogP contribution in [0.1, 0.15) is 27.2 Å². The second kappa shape index (κ2) is 7.31. The fourth-order valence-corrected chi connectivity index (χ4v) is 3.46. The number of benzene rings is 2. The maximum Gasteiger partial charge on any atom is 0.290 e. The van der Waals surface area contributed by atoms with Crippen molar-refractivity contribution in [3.63, 3.8) is 0 Å². The number of carbonyl (C=O) groups excluding carboxylic acids is 2. The third-order valence-corrected chi connectivity index (χ3v) is 4.92. The van der Waals surface area contributed by atoms with E-state index in [0.717, 1.165) is 16.7 Å². The molecular formula is C22H19FN2O3. The monoisotopic (exact) mass is 378 g/mol. The SMILES string of the molecule is Cc1ccc(F)c(NC(=O)C2Cc3ccccc3CN2C(=O)c2ccco2)c1. The number of amides is 2. The predicted molar refractivity (Wildman–Crippen MR) is 102 cm³/mol. The maximum atomic E-state index is 14.1. The van der Waals surface area contributed by atoms with Gasteiger partial charge in [-0.2, -0.15) is 0 Å². The van der Waals surface area contributed by atoms with E-state index < -0.39 is 17.8 Å². The molecule has 4 rings (SSSR count). The molecule has 142 valence electrons. The van der Waals surface area contributed by atoms with Crippen LogP contribution in [0.4, 0.5) is 10.1 Å². The number of hydrogen-bond acceptors (Lipinski definition) is 3. The van der Waals surface area contributed by atoms with E-state index in [1.54, 1.807) is 24.3 Å². The summed E-state index contributed by atoms with van der Waals surface area (Å²) in [5.41, 5.74) is 2.91. The molecule has 0 spiro atoms. The van der Waals surface area contributed by atoms with E-state index in [2.05, 4.69) is 5.32 Å². The molecule has 6 heteroatoms. The summed E-state index contributed by atoms with van der Waals surface area (Å²) in [5.74, 6) is -1.15. The Bertz CT molecular complexity index is 1030. The van der Waals surface area contributed by atoms with Crippen LogP contribution in [0.5, 0.6) is 0 Å². The molecule has 2 amide bonds. The van der Waals surface area contributed by atoms with Crippen LogP contribution in [0.15, 0.2) is 65.3 Å². The first-order valence-electron chi connectivity index (χ1n) is 9.01. The molecule has 0 aliphatic carbocycles. The van der Waals surface area contributed by atoms with Crippen LogP contribution in [0.25, 0.3) is 0 Å². The zero-order chi connectivity index (χ0) is 19.7. The summed E-state index contributed by atoms with van der Waals surface area (Å²) in [4.78, 5) is 27.4. The van der Waals surface area contributed by atoms with E-state index in [0.29, 0.717) is 6.42 Å². The molecule has 28 heavy (non-hydrogen) atoms. The van der Waals surface area contributed by atoms with Gasteiger partial charge in [-0.1, -0.05) is 30.3 Å². The number of carbonyl (C=O) groups is 2. The molecule has 0 radical (unpaired) electrons. The predicted octanol–water partition coefficient (Wildman–Crippen LogP) is 3.93. The minimum absolute atomic E-state index is 0.106. The summed E-state index contributed by atoms with van der Waals surface area (Å²) in [6, 6.07) is 14.6. The molecule has 0 saturated carbocycles. The molecule has 1 aliphatic rings. The molecule has 1 unspecified atom stereocenters. The summed E-state index contributed by atoms with van der Waals surface area (Å²) in [6.07, 6.45) is 1.77. The molecule has 3 aromatic rings. The van der Waals surface area contributed by atoms with Gasteiger partial charge in [-0.3, -0.25) is 9.59 Å². The maximum absolute atomic E-state index is 14.1. The molecule has 1 atom stereocenters. The van der Waals surface area contributed by atoms with Crippen LogP contribution < -0.4 is 5.32 Å². The van der Waals surface area contributed by atoms with Gasteiger partial charge in [0.25, 0.3) is 5.91 Å². The van der Waals surface area contributed by atoms with Crippen LogP contribution in [0, 0.1) is 12.7 Å². The first-order chi connectivity index (χ1) is 13.5. The van der Waals surface area contributed by atoms with Crippen LogP contribution in [0.2, 0.25) is 0 Å². The van der Waals surface area contributed by atoms with Crippen molar-refractivity contribution in [3.05, 3.63) is 89.1 Å². The molecular weight excluding hydrogens is 359 g/mol. The first kappa shape index (κ1) is 18.0. The number of anilines is 1. The smallest absolute Gasteiger partial charge is 0.290 e. The molecule has 1 aliphatic heterocycles. The Morgan fingerprint density at radius 3 is 2.64 bits per heavy atom. The molecule has 0 saturated heterocycles. The minimum Gasteiger partial charge on any atom is -0.459 e. The third kappa shape index (κ3) is 3.41. The second-order valence-corrected chi connectivity index (χ2v) is 6.87. The largest absolute Gasteiger partial charge is 0.459 e. The quantitative estimate of drug-likeness (QED) is 0.751. The van der Waals surface area contributed by atoms with Crippen LogP contribution >= 0.6 is 0 Å². The Hall–Kier alpha value is -3.41. The highest BCUT2D eigenvalue weighted by Gasteiger charge is 2.36. The van der Waals surface area contributed by atoms with E-state index in [1.807, 2.05) is 31.2 Å². The van der Waals surface area contributed by atoms with Crippen molar-refractivity contribution in [2.45, 2.75) is 25.9 Å². The Balaban J connectivity index is 1.66. The number of hydrogen-bond donors (Lipinski definition) is 1. The van der Waals surface area contributed by atoms with Crippen molar-refractivity contribution < 1.29 is 18.4 Å². The van der Waals surface area contributed by atoms with E-state index in [-0.39, 0.29) is 23.9 Å². The topological polar surface area (TPSA) is 62.6 Å². The van der Waals surface area contributed by atoms with E-state index in [9.17, 15) is 14.0 Å². The molecule has 0 bridgehead atoms. The van der Waals surface area contributed by atoms with Gasteiger partial charge in [0.05, 0.1) is 12.0 Å². The third-order valence-electron chi connectivity index (χ3n) is 4.92. The second-order valence-electron chi connectivity index (χ2n) is 6.87. The number of rotatable bonds is 3. The highest BCUT2D eigenvalue weighted by atomic mass is 19.1. The summed E-state index contributed by atoms with van der Waals surface area (Å²) in [7, 11) is 0. The van der Waals surface area contributed by atoms with Gasteiger partial charge in [-0.25, -0.2) is 4.39 Å². The molecule has 1 aromatic heterocycles. The van der Waals surface area contributed by atoms with Gasteiger partial charge in [0.2, 0.25) is 5.91 Å². The average molecular weight is 378 g/mol. The van der Waals surface area contributed by atoms with Gasteiger partial charge in [0.1, 0.15) is 11.9 Å².